The zero-order valence-corrected chi connectivity index (χ0v) is 19.2. The molecule has 0 fully saturated rings. The Morgan fingerprint density at radius 1 is 0.593 bits per heavy atom. The van der Waals surface area contributed by atoms with Gasteiger partial charge in [-0.3, -0.25) is 0 Å². The van der Waals surface area contributed by atoms with Crippen molar-refractivity contribution in [1.82, 2.24) is 0 Å². The molecule has 2 aromatic carbocycles. The van der Waals surface area contributed by atoms with Crippen molar-refractivity contribution in [2.24, 2.45) is 0 Å². The predicted octanol–water partition coefficient (Wildman–Crippen LogP) is 6.81. The summed E-state index contributed by atoms with van der Waals surface area (Å²) in [6.45, 7) is 9.80. The van der Waals surface area contributed by atoms with Gasteiger partial charge >= 0.3 is 0 Å². The minimum absolute atomic E-state index is 0.404. The molecular formula is C25H40BSi-. The van der Waals surface area contributed by atoms with Crippen molar-refractivity contribution < 1.29 is 0 Å². The second kappa shape index (κ2) is 10.9. The van der Waals surface area contributed by atoms with E-state index >= 15 is 0 Å². The lowest BCUT2D eigenvalue weighted by molar-refractivity contribution is 0.804. The molecule has 0 amide bonds. The van der Waals surface area contributed by atoms with Crippen molar-refractivity contribution in [2.75, 3.05) is 0 Å². The maximum absolute atomic E-state index is 2.71. The largest absolute Gasteiger partial charge is 0.179 e. The first-order valence-corrected chi connectivity index (χ1v) is 14.0. The summed E-state index contributed by atoms with van der Waals surface area (Å²) < 4.78 is 0. The Morgan fingerprint density at radius 2 is 0.926 bits per heavy atom. The zero-order chi connectivity index (χ0) is 19.6. The molecule has 0 nitrogen and oxygen atoms in total. The molecule has 2 rings (SSSR count). The molecule has 0 heterocycles. The average Bonchev–Trinajstić information content (AvgIpc) is 2.74. The van der Waals surface area contributed by atoms with Crippen LogP contribution in [0.25, 0.3) is 0 Å². The van der Waals surface area contributed by atoms with Crippen molar-refractivity contribution in [3.05, 3.63) is 60.7 Å². The van der Waals surface area contributed by atoms with E-state index in [0.29, 0.717) is 0 Å². The molecule has 0 unspecified atom stereocenters. The second-order valence-electron chi connectivity index (χ2n) is 8.84. The van der Waals surface area contributed by atoms with E-state index in [1.165, 1.54) is 57.5 Å². The zero-order valence-electron chi connectivity index (χ0n) is 18.2. The van der Waals surface area contributed by atoms with Crippen molar-refractivity contribution in [1.29, 1.82) is 0 Å². The van der Waals surface area contributed by atoms with E-state index < -0.39 is 13.7 Å². The van der Waals surface area contributed by atoms with Gasteiger partial charge in [0.05, 0.1) is 0 Å². The Labute approximate surface area is 169 Å². The lowest BCUT2D eigenvalue weighted by Gasteiger charge is -2.55. The van der Waals surface area contributed by atoms with Crippen LogP contribution in [0.3, 0.4) is 0 Å². The molecule has 0 bridgehead atoms. The van der Waals surface area contributed by atoms with Crippen LogP contribution < -0.4 is 10.4 Å². The van der Waals surface area contributed by atoms with E-state index in [1.807, 2.05) is 0 Å². The lowest BCUT2D eigenvalue weighted by atomic mass is 9.38. The SMILES string of the molecule is CCCC[B-](CCCC)(CCCC)[Si](C)(c1ccccc1)c1ccccc1. The van der Waals surface area contributed by atoms with Crippen LogP contribution in [0.4, 0.5) is 0 Å². The third kappa shape index (κ3) is 4.96. The summed E-state index contributed by atoms with van der Waals surface area (Å²) in [4.78, 5) is 0. The summed E-state index contributed by atoms with van der Waals surface area (Å²) in [5.41, 5.74) is -0.404. The summed E-state index contributed by atoms with van der Waals surface area (Å²) in [5.74, 6) is 0. The molecule has 0 aliphatic rings. The fourth-order valence-electron chi connectivity index (χ4n) is 5.53. The predicted molar refractivity (Wildman–Crippen MR) is 129 cm³/mol. The molecule has 0 radical (unpaired) electrons. The standard InChI is InChI=1S/C25H40BSi/c1-5-8-21-26(22-9-6-2,23-10-7-3)27(4,24-17-13-11-14-18-24)25-19-15-12-16-20-25/h11-20H,5-10,21-23H2,1-4H3/q-1. The third-order valence-electron chi connectivity index (χ3n) is 7.30. The Kier molecular flexibility index (Phi) is 8.89. The Bertz CT molecular complexity index is 577. The molecule has 0 aliphatic heterocycles. The smallest absolute Gasteiger partial charge is 0.0139 e. The van der Waals surface area contributed by atoms with Crippen LogP contribution in [-0.4, -0.2) is 13.7 Å². The molecular weight excluding hydrogens is 339 g/mol. The first kappa shape index (κ1) is 22.0. The van der Waals surface area contributed by atoms with E-state index in [0.717, 1.165) is 0 Å². The molecule has 0 saturated heterocycles. The first-order valence-electron chi connectivity index (χ1n) is 11.5. The first-order chi connectivity index (χ1) is 13.1. The molecule has 0 atom stereocenters. The highest BCUT2D eigenvalue weighted by molar-refractivity contribution is 7.51. The van der Waals surface area contributed by atoms with Gasteiger partial charge in [-0.05, 0) is 7.94 Å². The average molecular weight is 379 g/mol. The van der Waals surface area contributed by atoms with Gasteiger partial charge in [0.1, 0.15) is 0 Å². The normalized spacial score (nSPS) is 12.3. The Balaban J connectivity index is 2.67. The fraction of sp³-hybridized carbons (Fsp3) is 0.520. The van der Waals surface area contributed by atoms with Crippen LogP contribution in [0.5, 0.6) is 0 Å². The van der Waals surface area contributed by atoms with Gasteiger partial charge in [-0.15, -0.1) is 0 Å². The Morgan fingerprint density at radius 3 is 1.22 bits per heavy atom. The highest BCUT2D eigenvalue weighted by Crippen LogP contribution is 2.36. The summed E-state index contributed by atoms with van der Waals surface area (Å²) >= 11 is 0. The highest BCUT2D eigenvalue weighted by Gasteiger charge is 2.44. The highest BCUT2D eigenvalue weighted by atomic mass is 28.3. The number of rotatable bonds is 12. The summed E-state index contributed by atoms with van der Waals surface area (Å²) in [6.07, 6.45) is 12.4. The van der Waals surface area contributed by atoms with E-state index in [4.69, 9.17) is 0 Å². The molecule has 2 aromatic rings. The second-order valence-corrected chi connectivity index (χ2v) is 13.6. The summed E-state index contributed by atoms with van der Waals surface area (Å²) in [7, 11) is -1.83. The molecule has 0 N–H and O–H groups in total. The summed E-state index contributed by atoms with van der Waals surface area (Å²) in [5, 5.41) is 3.30. The van der Waals surface area contributed by atoms with Crippen molar-refractivity contribution in [3.63, 3.8) is 0 Å². The number of hydrogen-bond donors (Lipinski definition) is 0. The van der Waals surface area contributed by atoms with E-state index in [2.05, 4.69) is 88.0 Å². The molecule has 27 heavy (non-hydrogen) atoms. The van der Waals surface area contributed by atoms with E-state index in [1.54, 1.807) is 10.4 Å². The van der Waals surface area contributed by atoms with Crippen LogP contribution in [0.15, 0.2) is 60.7 Å². The number of benzene rings is 2. The monoisotopic (exact) mass is 379 g/mol. The number of unbranched alkanes of at least 4 members (excludes halogenated alkanes) is 3. The third-order valence-corrected chi connectivity index (χ3v) is 13.7. The quantitative estimate of drug-likeness (QED) is 0.356. The van der Waals surface area contributed by atoms with Gasteiger partial charge in [0, 0.05) is 5.74 Å². The molecule has 0 aliphatic carbocycles. The minimum atomic E-state index is -1.83. The fourth-order valence-corrected chi connectivity index (χ4v) is 11.4. The van der Waals surface area contributed by atoms with Crippen LogP contribution in [0, 0.1) is 0 Å². The van der Waals surface area contributed by atoms with Gasteiger partial charge in [0.2, 0.25) is 0 Å². The number of hydrogen-bond acceptors (Lipinski definition) is 0. The van der Waals surface area contributed by atoms with Crippen molar-refractivity contribution >= 4 is 24.1 Å². The van der Waals surface area contributed by atoms with Crippen molar-refractivity contribution in [3.8, 4) is 0 Å². The minimum Gasteiger partial charge on any atom is -0.179 e. The van der Waals surface area contributed by atoms with E-state index in [9.17, 15) is 0 Å². The van der Waals surface area contributed by atoms with Crippen LogP contribution in [-0.2, 0) is 0 Å². The molecule has 0 aromatic heterocycles. The van der Waals surface area contributed by atoms with Gasteiger partial charge in [-0.2, -0.15) is 19.0 Å². The Hall–Kier alpha value is -1.28. The van der Waals surface area contributed by atoms with Crippen LogP contribution >= 0.6 is 0 Å². The van der Waals surface area contributed by atoms with Crippen LogP contribution in [0.2, 0.25) is 25.5 Å². The van der Waals surface area contributed by atoms with Gasteiger partial charge in [0.15, 0.2) is 0 Å². The lowest BCUT2D eigenvalue weighted by Crippen LogP contribution is -2.74. The van der Waals surface area contributed by atoms with Gasteiger partial charge in [-0.1, -0.05) is 137 Å². The molecule has 0 spiro atoms. The van der Waals surface area contributed by atoms with Gasteiger partial charge in [-0.25, -0.2) is 0 Å². The maximum Gasteiger partial charge on any atom is 0.0139 e. The molecule has 2 heteroatoms. The van der Waals surface area contributed by atoms with Crippen LogP contribution in [0.1, 0.15) is 59.3 Å². The van der Waals surface area contributed by atoms with Gasteiger partial charge in [0.25, 0.3) is 0 Å². The summed E-state index contributed by atoms with van der Waals surface area (Å²) in [6, 6.07) is 23.2. The van der Waals surface area contributed by atoms with Crippen molar-refractivity contribution in [2.45, 2.75) is 84.8 Å². The maximum atomic E-state index is 2.71. The van der Waals surface area contributed by atoms with Gasteiger partial charge < -0.3 is 0 Å². The topological polar surface area (TPSA) is 0 Å². The molecule has 0 saturated carbocycles. The van der Waals surface area contributed by atoms with E-state index in [-0.39, 0.29) is 0 Å². The molecule has 148 valence electrons.